The molecule has 0 fully saturated rings. The first-order valence-corrected chi connectivity index (χ1v) is 8.06. The van der Waals surface area contributed by atoms with Crippen molar-refractivity contribution in [2.45, 2.75) is 0 Å². The number of hydrogen-bond donors (Lipinski definition) is 1. The van der Waals surface area contributed by atoms with Crippen molar-refractivity contribution in [2.75, 3.05) is 23.3 Å². The second kappa shape index (κ2) is 6.89. The van der Waals surface area contributed by atoms with Crippen molar-refractivity contribution in [1.29, 1.82) is 0 Å². The van der Waals surface area contributed by atoms with Gasteiger partial charge in [0.05, 0.1) is 28.0 Å². The van der Waals surface area contributed by atoms with Crippen LogP contribution < -0.4 is 15.0 Å². The van der Waals surface area contributed by atoms with E-state index in [0.29, 0.717) is 27.2 Å². The molecular formula is C16H11Cl3N2O3. The topological polar surface area (TPSA) is 58.6 Å². The number of carbonyl (C=O) groups excluding carboxylic acids is 2. The fraction of sp³-hybridized carbons (Fsp3) is 0.125. The number of rotatable bonds is 3. The predicted molar refractivity (Wildman–Crippen MR) is 94.4 cm³/mol. The van der Waals surface area contributed by atoms with Crippen molar-refractivity contribution in [1.82, 2.24) is 0 Å². The van der Waals surface area contributed by atoms with Gasteiger partial charge < -0.3 is 15.0 Å². The number of halogens is 3. The molecular weight excluding hydrogens is 375 g/mol. The van der Waals surface area contributed by atoms with E-state index in [1.54, 1.807) is 41.3 Å². The molecule has 0 saturated carbocycles. The predicted octanol–water partition coefficient (Wildman–Crippen LogP) is 4.01. The number of nitrogens with zero attached hydrogens (tertiary/aromatic N) is 1. The van der Waals surface area contributed by atoms with Crippen LogP contribution in [0.15, 0.2) is 36.4 Å². The zero-order valence-electron chi connectivity index (χ0n) is 12.2. The van der Waals surface area contributed by atoms with Gasteiger partial charge in [0.1, 0.15) is 6.54 Å². The minimum atomic E-state index is -0.446. The van der Waals surface area contributed by atoms with Gasteiger partial charge in [-0.25, -0.2) is 4.79 Å². The van der Waals surface area contributed by atoms with Crippen molar-refractivity contribution < 1.29 is 14.3 Å². The smallest absolute Gasteiger partial charge is 0.331 e. The second-order valence-electron chi connectivity index (χ2n) is 5.09. The number of fused-ring (bicyclic) bond motifs is 1. The number of amides is 1. The summed E-state index contributed by atoms with van der Waals surface area (Å²) in [4.78, 5) is 25.6. The molecule has 1 amide bonds. The molecule has 0 bridgehead atoms. The van der Waals surface area contributed by atoms with Gasteiger partial charge in [0.2, 0.25) is 5.91 Å². The average molecular weight is 386 g/mol. The summed E-state index contributed by atoms with van der Waals surface area (Å²) in [5.41, 5.74) is 0.981. The highest BCUT2D eigenvalue weighted by molar-refractivity contribution is 6.44. The van der Waals surface area contributed by atoms with Gasteiger partial charge in [0, 0.05) is 5.02 Å². The van der Waals surface area contributed by atoms with Gasteiger partial charge >= 0.3 is 5.97 Å². The molecule has 1 N–H and O–H groups in total. The largest absolute Gasteiger partial charge is 0.423 e. The second-order valence-corrected chi connectivity index (χ2v) is 6.31. The number of benzene rings is 2. The number of carbonyl (C=O) groups is 2. The molecule has 1 heterocycles. The molecule has 2 aromatic carbocycles. The molecule has 0 atom stereocenters. The SMILES string of the molecule is O=C(CN1CC(=O)Oc2ccc(Cl)cc21)Nc1cccc(Cl)c1Cl. The number of anilines is 2. The lowest BCUT2D eigenvalue weighted by Gasteiger charge is -2.29. The minimum Gasteiger partial charge on any atom is -0.423 e. The highest BCUT2D eigenvalue weighted by Gasteiger charge is 2.26. The van der Waals surface area contributed by atoms with Crippen molar-refractivity contribution in [3.05, 3.63) is 51.5 Å². The summed E-state index contributed by atoms with van der Waals surface area (Å²) in [6.45, 7) is -0.116. The Balaban J connectivity index is 1.78. The zero-order valence-corrected chi connectivity index (χ0v) is 14.5. The third-order valence-electron chi connectivity index (χ3n) is 3.37. The van der Waals surface area contributed by atoms with Gasteiger partial charge in [0.15, 0.2) is 5.75 Å². The van der Waals surface area contributed by atoms with E-state index in [9.17, 15) is 9.59 Å². The lowest BCUT2D eigenvalue weighted by Crippen LogP contribution is -2.41. The fourth-order valence-corrected chi connectivity index (χ4v) is 2.84. The van der Waals surface area contributed by atoms with Gasteiger partial charge in [-0.05, 0) is 30.3 Å². The number of hydrogen-bond acceptors (Lipinski definition) is 4. The lowest BCUT2D eigenvalue weighted by molar-refractivity contribution is -0.133. The van der Waals surface area contributed by atoms with E-state index in [2.05, 4.69) is 5.32 Å². The van der Waals surface area contributed by atoms with Crippen LogP contribution >= 0.6 is 34.8 Å². The van der Waals surface area contributed by atoms with Crippen molar-refractivity contribution >= 4 is 58.1 Å². The molecule has 8 heteroatoms. The third-order valence-corrected chi connectivity index (χ3v) is 4.42. The van der Waals surface area contributed by atoms with E-state index in [1.807, 2.05) is 0 Å². The van der Waals surface area contributed by atoms with Crippen LogP contribution in [0.1, 0.15) is 0 Å². The van der Waals surface area contributed by atoms with E-state index in [-0.39, 0.29) is 24.0 Å². The van der Waals surface area contributed by atoms with E-state index in [4.69, 9.17) is 39.5 Å². The van der Waals surface area contributed by atoms with Gasteiger partial charge in [-0.2, -0.15) is 0 Å². The fourth-order valence-electron chi connectivity index (χ4n) is 2.32. The molecule has 3 rings (SSSR count). The highest BCUT2D eigenvalue weighted by Crippen LogP contribution is 2.34. The van der Waals surface area contributed by atoms with Gasteiger partial charge in [-0.1, -0.05) is 40.9 Å². The Labute approximate surface area is 153 Å². The summed E-state index contributed by atoms with van der Waals surface area (Å²) in [6.07, 6.45) is 0. The van der Waals surface area contributed by atoms with Crippen molar-refractivity contribution in [3.63, 3.8) is 0 Å². The van der Waals surface area contributed by atoms with Crippen molar-refractivity contribution in [2.24, 2.45) is 0 Å². The summed E-state index contributed by atoms with van der Waals surface area (Å²) >= 11 is 18.0. The van der Waals surface area contributed by atoms with E-state index in [1.165, 1.54) is 0 Å². The maximum absolute atomic E-state index is 12.3. The summed E-state index contributed by atoms with van der Waals surface area (Å²) in [7, 11) is 0. The molecule has 1 aliphatic heterocycles. The molecule has 1 aliphatic rings. The van der Waals surface area contributed by atoms with Crippen LogP contribution in [0.3, 0.4) is 0 Å². The van der Waals surface area contributed by atoms with Crippen LogP contribution in [0.4, 0.5) is 11.4 Å². The zero-order chi connectivity index (χ0) is 17.3. The standard InChI is InChI=1S/C16H11Cl3N2O3/c17-9-4-5-13-12(6-9)21(8-15(23)24-13)7-14(22)20-11-3-1-2-10(18)16(11)19/h1-6H,7-8H2,(H,20,22). The van der Waals surface area contributed by atoms with Crippen molar-refractivity contribution in [3.8, 4) is 5.75 Å². The summed E-state index contributed by atoms with van der Waals surface area (Å²) in [5, 5.41) is 3.76. The van der Waals surface area contributed by atoms with Gasteiger partial charge in [0.25, 0.3) is 0 Å². The van der Waals surface area contributed by atoms with Crippen LogP contribution in [0.5, 0.6) is 5.75 Å². The summed E-state index contributed by atoms with van der Waals surface area (Å²) in [5.74, 6) is -0.428. The monoisotopic (exact) mass is 384 g/mol. The Hall–Kier alpha value is -1.95. The molecule has 124 valence electrons. The highest BCUT2D eigenvalue weighted by atomic mass is 35.5. The molecule has 0 unspecified atom stereocenters. The average Bonchev–Trinajstić information content (AvgIpc) is 2.52. The number of nitrogens with one attached hydrogen (secondary N) is 1. The van der Waals surface area contributed by atoms with Gasteiger partial charge in [-0.15, -0.1) is 0 Å². The number of ether oxygens (including phenoxy) is 1. The molecule has 0 radical (unpaired) electrons. The van der Waals surface area contributed by atoms with Crippen LogP contribution in [-0.4, -0.2) is 25.0 Å². The lowest BCUT2D eigenvalue weighted by atomic mass is 10.2. The van der Waals surface area contributed by atoms with Crippen LogP contribution in [0, 0.1) is 0 Å². The Bertz CT molecular complexity index is 826. The van der Waals surface area contributed by atoms with E-state index >= 15 is 0 Å². The third kappa shape index (κ3) is 3.59. The van der Waals surface area contributed by atoms with Crippen LogP contribution in [0.25, 0.3) is 0 Å². The van der Waals surface area contributed by atoms with Gasteiger partial charge in [-0.3, -0.25) is 4.79 Å². The molecule has 0 aliphatic carbocycles. The molecule has 24 heavy (non-hydrogen) atoms. The Morgan fingerprint density at radius 1 is 1.21 bits per heavy atom. The molecule has 2 aromatic rings. The van der Waals surface area contributed by atoms with E-state index in [0.717, 1.165) is 0 Å². The maximum Gasteiger partial charge on any atom is 0.331 e. The van der Waals surface area contributed by atoms with Crippen LogP contribution in [0.2, 0.25) is 15.1 Å². The van der Waals surface area contributed by atoms with Crippen LogP contribution in [-0.2, 0) is 9.59 Å². The quantitative estimate of drug-likeness (QED) is 0.640. The molecule has 5 nitrogen and oxygen atoms in total. The molecule has 0 aromatic heterocycles. The maximum atomic E-state index is 12.3. The summed E-state index contributed by atoms with van der Waals surface area (Å²) in [6, 6.07) is 9.79. The first-order valence-electron chi connectivity index (χ1n) is 6.93. The normalized spacial score (nSPS) is 13.3. The Morgan fingerprint density at radius 3 is 2.79 bits per heavy atom. The first-order chi connectivity index (χ1) is 11.4. The molecule has 0 spiro atoms. The molecule has 0 saturated heterocycles. The van der Waals surface area contributed by atoms with E-state index < -0.39 is 5.97 Å². The minimum absolute atomic E-state index is 0.0515. The Kier molecular flexibility index (Phi) is 4.85. The Morgan fingerprint density at radius 2 is 2.00 bits per heavy atom. The summed E-state index contributed by atoms with van der Waals surface area (Å²) < 4.78 is 5.14. The number of esters is 1. The first kappa shape index (κ1) is 16.9.